The average Bonchev–Trinajstić information content (AvgIpc) is 2.09. The minimum absolute atomic E-state index is 0.345. The molecule has 0 aliphatic rings. The monoisotopic (exact) mass is 248 g/mol. The van der Waals surface area contributed by atoms with Gasteiger partial charge in [0, 0.05) is 6.61 Å². The Hall–Kier alpha value is 0.527. The van der Waals surface area contributed by atoms with Crippen molar-refractivity contribution in [3.63, 3.8) is 0 Å². The fourth-order valence-corrected chi connectivity index (χ4v) is 2.42. The number of thiol groups is 1. The van der Waals surface area contributed by atoms with Crippen molar-refractivity contribution in [3.8, 4) is 0 Å². The van der Waals surface area contributed by atoms with Crippen molar-refractivity contribution in [3.05, 3.63) is 0 Å². The molecular formula is C12H28OSSi. The Morgan fingerprint density at radius 1 is 1.00 bits per heavy atom. The molecule has 1 nitrogen and oxygen atoms in total. The first-order valence-corrected chi connectivity index (χ1v) is 9.60. The van der Waals surface area contributed by atoms with E-state index in [0.717, 1.165) is 12.4 Å². The third kappa shape index (κ3) is 6.64. The number of hydrogen-bond acceptors (Lipinski definition) is 2. The molecule has 0 aliphatic carbocycles. The maximum absolute atomic E-state index is 6.09. The second-order valence-electron chi connectivity index (χ2n) is 5.75. The van der Waals surface area contributed by atoms with Crippen molar-refractivity contribution in [2.75, 3.05) is 12.4 Å². The predicted molar refractivity (Wildman–Crippen MR) is 75.5 cm³/mol. The first-order valence-electron chi connectivity index (χ1n) is 6.06. The molecule has 15 heavy (non-hydrogen) atoms. The van der Waals surface area contributed by atoms with Crippen LogP contribution in [0.3, 0.4) is 0 Å². The summed E-state index contributed by atoms with van der Waals surface area (Å²) in [5, 5.41) is 0.345. The lowest BCUT2D eigenvalue weighted by Gasteiger charge is -2.36. The van der Waals surface area contributed by atoms with E-state index in [1.54, 1.807) is 0 Å². The van der Waals surface area contributed by atoms with Gasteiger partial charge in [-0.15, -0.1) is 0 Å². The predicted octanol–water partition coefficient (Wildman–Crippen LogP) is 4.50. The molecule has 92 valence electrons. The van der Waals surface area contributed by atoms with Crippen molar-refractivity contribution in [1.29, 1.82) is 0 Å². The molecule has 3 heteroatoms. The fraction of sp³-hybridized carbons (Fsp3) is 1.00. The zero-order valence-electron chi connectivity index (χ0n) is 11.1. The van der Waals surface area contributed by atoms with Crippen molar-refractivity contribution < 1.29 is 4.43 Å². The normalized spacial score (nSPS) is 13.2. The maximum atomic E-state index is 6.09. The van der Waals surface area contributed by atoms with Crippen LogP contribution >= 0.6 is 12.6 Å². The third-order valence-electron chi connectivity index (χ3n) is 3.32. The maximum Gasteiger partial charge on any atom is 0.191 e. The minimum Gasteiger partial charge on any atom is -0.417 e. The molecule has 0 rings (SSSR count). The molecule has 0 radical (unpaired) electrons. The highest BCUT2D eigenvalue weighted by atomic mass is 32.1. The van der Waals surface area contributed by atoms with E-state index in [-0.39, 0.29) is 0 Å². The standard InChI is InChI=1S/C12H28OSSi/c1-12(2,3)15(4,5)13-10-8-6-7-9-11-14/h14H,6-11H2,1-5H3. The Balaban J connectivity index is 3.58. The van der Waals surface area contributed by atoms with Gasteiger partial charge in [0.05, 0.1) is 0 Å². The third-order valence-corrected chi connectivity index (χ3v) is 8.18. The summed E-state index contributed by atoms with van der Waals surface area (Å²) in [4.78, 5) is 0. The molecule has 0 aliphatic heterocycles. The van der Waals surface area contributed by atoms with Gasteiger partial charge in [-0.05, 0) is 36.7 Å². The van der Waals surface area contributed by atoms with E-state index in [9.17, 15) is 0 Å². The van der Waals surface area contributed by atoms with Gasteiger partial charge in [0.1, 0.15) is 0 Å². The molecule has 0 bridgehead atoms. The highest BCUT2D eigenvalue weighted by molar-refractivity contribution is 7.80. The van der Waals surface area contributed by atoms with Crippen LogP contribution in [0.1, 0.15) is 46.5 Å². The van der Waals surface area contributed by atoms with Gasteiger partial charge in [0.2, 0.25) is 0 Å². The van der Waals surface area contributed by atoms with Crippen LogP contribution < -0.4 is 0 Å². The van der Waals surface area contributed by atoms with Gasteiger partial charge in [0.15, 0.2) is 8.32 Å². The van der Waals surface area contributed by atoms with Gasteiger partial charge >= 0.3 is 0 Å². The molecule has 0 spiro atoms. The molecule has 0 saturated heterocycles. The van der Waals surface area contributed by atoms with E-state index >= 15 is 0 Å². The van der Waals surface area contributed by atoms with Crippen molar-refractivity contribution in [1.82, 2.24) is 0 Å². The molecule has 0 N–H and O–H groups in total. The van der Waals surface area contributed by atoms with E-state index in [0.29, 0.717) is 5.04 Å². The Morgan fingerprint density at radius 3 is 2.00 bits per heavy atom. The first-order chi connectivity index (χ1) is 6.81. The van der Waals surface area contributed by atoms with Crippen LogP contribution in [0.4, 0.5) is 0 Å². The molecule has 0 aromatic rings. The second kappa shape index (κ2) is 6.97. The van der Waals surface area contributed by atoms with E-state index in [2.05, 4.69) is 46.5 Å². The molecule has 0 aromatic carbocycles. The summed E-state index contributed by atoms with van der Waals surface area (Å²) in [5.41, 5.74) is 0. The molecule has 0 fully saturated rings. The lowest BCUT2D eigenvalue weighted by molar-refractivity contribution is 0.278. The first kappa shape index (κ1) is 15.5. The summed E-state index contributed by atoms with van der Waals surface area (Å²) in [6.07, 6.45) is 5.03. The molecule has 0 atom stereocenters. The van der Waals surface area contributed by atoms with Crippen LogP contribution in [0, 0.1) is 0 Å². The summed E-state index contributed by atoms with van der Waals surface area (Å²) in [6, 6.07) is 0. The topological polar surface area (TPSA) is 9.23 Å². The zero-order valence-corrected chi connectivity index (χ0v) is 13.0. The molecule has 0 aromatic heterocycles. The van der Waals surface area contributed by atoms with Crippen LogP contribution in [0.2, 0.25) is 18.1 Å². The highest BCUT2D eigenvalue weighted by Crippen LogP contribution is 2.36. The van der Waals surface area contributed by atoms with Crippen LogP contribution in [-0.4, -0.2) is 20.7 Å². The molecular weight excluding hydrogens is 220 g/mol. The summed E-state index contributed by atoms with van der Waals surface area (Å²) >= 11 is 4.20. The van der Waals surface area contributed by atoms with Crippen LogP contribution in [0.15, 0.2) is 0 Å². The van der Waals surface area contributed by atoms with Crippen molar-refractivity contribution in [2.24, 2.45) is 0 Å². The van der Waals surface area contributed by atoms with E-state index in [1.807, 2.05) is 0 Å². The molecule has 0 amide bonds. The quantitative estimate of drug-likeness (QED) is 0.396. The van der Waals surface area contributed by atoms with E-state index < -0.39 is 8.32 Å². The van der Waals surface area contributed by atoms with Crippen LogP contribution in [0.5, 0.6) is 0 Å². The molecule has 0 saturated carbocycles. The Morgan fingerprint density at radius 2 is 1.53 bits per heavy atom. The smallest absolute Gasteiger partial charge is 0.191 e. The van der Waals surface area contributed by atoms with Crippen LogP contribution in [-0.2, 0) is 4.43 Å². The number of unbranched alkanes of at least 4 members (excludes halogenated alkanes) is 3. The van der Waals surface area contributed by atoms with Gasteiger partial charge in [-0.3, -0.25) is 0 Å². The summed E-state index contributed by atoms with van der Waals surface area (Å²) in [5.74, 6) is 1.02. The van der Waals surface area contributed by atoms with E-state index in [4.69, 9.17) is 4.43 Å². The second-order valence-corrected chi connectivity index (χ2v) is 11.0. The van der Waals surface area contributed by atoms with Crippen molar-refractivity contribution >= 4 is 20.9 Å². The minimum atomic E-state index is -1.49. The van der Waals surface area contributed by atoms with Gasteiger partial charge in [0.25, 0.3) is 0 Å². The van der Waals surface area contributed by atoms with Gasteiger partial charge in [-0.1, -0.05) is 33.6 Å². The van der Waals surface area contributed by atoms with Crippen LogP contribution in [0.25, 0.3) is 0 Å². The molecule has 0 heterocycles. The van der Waals surface area contributed by atoms with E-state index in [1.165, 1.54) is 25.7 Å². The van der Waals surface area contributed by atoms with Gasteiger partial charge in [-0.25, -0.2) is 0 Å². The largest absolute Gasteiger partial charge is 0.417 e. The lowest BCUT2D eigenvalue weighted by Crippen LogP contribution is -2.40. The SMILES string of the molecule is CC(C)(C)[Si](C)(C)OCCCCCCS. The fourth-order valence-electron chi connectivity index (χ4n) is 1.11. The summed E-state index contributed by atoms with van der Waals surface area (Å²) in [6.45, 7) is 12.5. The zero-order chi connectivity index (χ0) is 11.9. The Labute approximate surface area is 103 Å². The number of rotatable bonds is 7. The Bertz CT molecular complexity index is 163. The molecule has 0 unspecified atom stereocenters. The number of hydrogen-bond donors (Lipinski definition) is 1. The van der Waals surface area contributed by atoms with Crippen molar-refractivity contribution in [2.45, 2.75) is 64.6 Å². The highest BCUT2D eigenvalue weighted by Gasteiger charge is 2.36. The summed E-state index contributed by atoms with van der Waals surface area (Å²) < 4.78 is 6.09. The van der Waals surface area contributed by atoms with Gasteiger partial charge in [-0.2, -0.15) is 12.6 Å². The van der Waals surface area contributed by atoms with Gasteiger partial charge < -0.3 is 4.43 Å². The average molecular weight is 249 g/mol. The summed E-state index contributed by atoms with van der Waals surface area (Å²) in [7, 11) is -1.49. The Kier molecular flexibility index (Phi) is 7.22. The lowest BCUT2D eigenvalue weighted by atomic mass is 10.2.